The third kappa shape index (κ3) is 5.05. The summed E-state index contributed by atoms with van der Waals surface area (Å²) < 4.78 is 3.15. The van der Waals surface area contributed by atoms with Crippen LogP contribution >= 0.6 is 23.1 Å². The molecule has 32 heavy (non-hydrogen) atoms. The van der Waals surface area contributed by atoms with E-state index >= 15 is 0 Å². The molecule has 0 aliphatic rings. The summed E-state index contributed by atoms with van der Waals surface area (Å²) in [6, 6.07) is 12.2. The average molecular weight is 465 g/mol. The van der Waals surface area contributed by atoms with Crippen LogP contribution < -0.4 is 4.90 Å². The summed E-state index contributed by atoms with van der Waals surface area (Å²) >= 11 is 3.35. The molecule has 4 aromatic rings. The molecule has 0 aliphatic carbocycles. The van der Waals surface area contributed by atoms with Crippen LogP contribution in [0.15, 0.2) is 60.0 Å². The molecule has 0 atom stereocenters. The van der Waals surface area contributed by atoms with Gasteiger partial charge in [0.05, 0.1) is 16.5 Å². The van der Waals surface area contributed by atoms with Crippen molar-refractivity contribution in [1.82, 2.24) is 14.5 Å². The number of carbonyl (C=O) groups is 1. The highest BCUT2D eigenvalue weighted by molar-refractivity contribution is 7.99. The summed E-state index contributed by atoms with van der Waals surface area (Å²) in [6.07, 6.45) is 6.35. The van der Waals surface area contributed by atoms with Crippen molar-refractivity contribution in [2.75, 3.05) is 11.4 Å². The summed E-state index contributed by atoms with van der Waals surface area (Å²) in [4.78, 5) is 25.6. The SMILES string of the molecule is Cc1ccc2sc(N(CCCn3ccnc3)C(=O)c3cccc(SC(C)C)c3)nc2c1C. The first-order chi connectivity index (χ1) is 15.4. The minimum absolute atomic E-state index is 0.00438. The van der Waals surface area contributed by atoms with Crippen molar-refractivity contribution < 1.29 is 4.79 Å². The van der Waals surface area contributed by atoms with Gasteiger partial charge in [0.1, 0.15) is 0 Å². The molecular weight excluding hydrogens is 436 g/mol. The Kier molecular flexibility index (Phi) is 6.96. The number of benzene rings is 2. The number of aryl methyl sites for hydroxylation is 3. The number of amides is 1. The number of imidazole rings is 1. The fraction of sp³-hybridized carbons (Fsp3) is 0.320. The molecule has 0 saturated heterocycles. The van der Waals surface area contributed by atoms with Crippen molar-refractivity contribution in [2.45, 2.75) is 50.8 Å². The van der Waals surface area contributed by atoms with Crippen molar-refractivity contribution in [1.29, 1.82) is 0 Å². The number of aromatic nitrogens is 3. The van der Waals surface area contributed by atoms with Crippen molar-refractivity contribution in [2.24, 2.45) is 0 Å². The fourth-order valence-electron chi connectivity index (χ4n) is 3.57. The molecule has 0 radical (unpaired) electrons. The van der Waals surface area contributed by atoms with Gasteiger partial charge in [-0.2, -0.15) is 0 Å². The van der Waals surface area contributed by atoms with Crippen LogP contribution in [0.3, 0.4) is 0 Å². The Bertz CT molecular complexity index is 1210. The van der Waals surface area contributed by atoms with Gasteiger partial charge in [-0.05, 0) is 55.7 Å². The average Bonchev–Trinajstić information content (AvgIpc) is 3.43. The van der Waals surface area contributed by atoms with E-state index in [2.05, 4.69) is 50.9 Å². The molecule has 1 amide bonds. The number of hydrogen-bond donors (Lipinski definition) is 0. The Hall–Kier alpha value is -2.64. The molecule has 2 heterocycles. The molecule has 0 saturated carbocycles. The Balaban J connectivity index is 1.65. The maximum atomic E-state index is 13.7. The molecule has 5 nitrogen and oxygen atoms in total. The van der Waals surface area contributed by atoms with Gasteiger partial charge < -0.3 is 4.57 Å². The molecule has 0 bridgehead atoms. The molecule has 0 spiro atoms. The Morgan fingerprint density at radius 3 is 2.81 bits per heavy atom. The summed E-state index contributed by atoms with van der Waals surface area (Å²) in [7, 11) is 0. The monoisotopic (exact) mass is 464 g/mol. The van der Waals surface area contributed by atoms with Gasteiger partial charge in [-0.3, -0.25) is 9.69 Å². The van der Waals surface area contributed by atoms with E-state index in [-0.39, 0.29) is 5.91 Å². The van der Waals surface area contributed by atoms with Gasteiger partial charge in [0.25, 0.3) is 5.91 Å². The zero-order chi connectivity index (χ0) is 22.7. The molecule has 0 unspecified atom stereocenters. The topological polar surface area (TPSA) is 51.0 Å². The van der Waals surface area contributed by atoms with Crippen LogP contribution in [0.25, 0.3) is 10.2 Å². The maximum Gasteiger partial charge on any atom is 0.260 e. The highest BCUT2D eigenvalue weighted by Crippen LogP contribution is 2.33. The molecule has 4 rings (SSSR count). The van der Waals surface area contributed by atoms with Crippen LogP contribution in [0.2, 0.25) is 0 Å². The standard InChI is InChI=1S/C25H28N4OS2/c1-17(2)31-21-8-5-7-20(15-21)24(30)29(13-6-12-28-14-11-26-16-28)25-27-23-19(4)18(3)9-10-22(23)32-25/h5,7-11,14-17H,6,12-13H2,1-4H3. The van der Waals surface area contributed by atoms with Gasteiger partial charge in [0.15, 0.2) is 5.13 Å². The van der Waals surface area contributed by atoms with E-state index < -0.39 is 0 Å². The van der Waals surface area contributed by atoms with Gasteiger partial charge in [0.2, 0.25) is 0 Å². The van der Waals surface area contributed by atoms with Crippen LogP contribution in [-0.4, -0.2) is 32.2 Å². The van der Waals surface area contributed by atoms with Crippen LogP contribution in [0.5, 0.6) is 0 Å². The van der Waals surface area contributed by atoms with Crippen LogP contribution in [-0.2, 0) is 6.54 Å². The van der Waals surface area contributed by atoms with Crippen molar-refractivity contribution in [3.05, 3.63) is 71.8 Å². The number of thioether (sulfide) groups is 1. The van der Waals surface area contributed by atoms with E-state index in [4.69, 9.17) is 4.98 Å². The molecule has 2 aromatic heterocycles. The normalized spacial score (nSPS) is 11.4. The first-order valence-corrected chi connectivity index (χ1v) is 12.5. The van der Waals surface area contributed by atoms with Crippen LogP contribution in [0.4, 0.5) is 5.13 Å². The number of carbonyl (C=O) groups excluding carboxylic acids is 1. The smallest absolute Gasteiger partial charge is 0.260 e. The lowest BCUT2D eigenvalue weighted by Crippen LogP contribution is -2.32. The highest BCUT2D eigenvalue weighted by atomic mass is 32.2. The molecule has 0 N–H and O–H groups in total. The molecule has 7 heteroatoms. The van der Waals surface area contributed by atoms with Crippen molar-refractivity contribution in [3.63, 3.8) is 0 Å². The predicted octanol–water partition coefficient (Wildman–Crippen LogP) is 6.35. The second-order valence-electron chi connectivity index (χ2n) is 8.16. The van der Waals surface area contributed by atoms with E-state index in [9.17, 15) is 4.79 Å². The zero-order valence-corrected chi connectivity index (χ0v) is 20.5. The molecule has 2 aromatic carbocycles. The number of fused-ring (bicyclic) bond motifs is 1. The van der Waals surface area contributed by atoms with E-state index in [0.29, 0.717) is 17.4 Å². The lowest BCUT2D eigenvalue weighted by molar-refractivity contribution is 0.0986. The van der Waals surface area contributed by atoms with Gasteiger partial charge >= 0.3 is 0 Å². The first kappa shape index (κ1) is 22.6. The summed E-state index contributed by atoms with van der Waals surface area (Å²) in [5.41, 5.74) is 4.07. The minimum Gasteiger partial charge on any atom is -0.337 e. The maximum absolute atomic E-state index is 13.7. The van der Waals surface area contributed by atoms with E-state index in [0.717, 1.165) is 33.2 Å². The van der Waals surface area contributed by atoms with Crippen LogP contribution in [0, 0.1) is 13.8 Å². The van der Waals surface area contributed by atoms with Gasteiger partial charge in [-0.1, -0.05) is 37.3 Å². The Morgan fingerprint density at radius 2 is 2.06 bits per heavy atom. The zero-order valence-electron chi connectivity index (χ0n) is 18.9. The lowest BCUT2D eigenvalue weighted by Gasteiger charge is -2.20. The number of hydrogen-bond acceptors (Lipinski definition) is 5. The Morgan fingerprint density at radius 1 is 1.22 bits per heavy atom. The molecule has 0 aliphatic heterocycles. The first-order valence-electron chi connectivity index (χ1n) is 10.8. The predicted molar refractivity (Wildman–Crippen MR) is 135 cm³/mol. The Labute approximate surface area is 197 Å². The van der Waals surface area contributed by atoms with E-state index in [1.54, 1.807) is 29.3 Å². The molecule has 0 fully saturated rings. The van der Waals surface area contributed by atoms with E-state index in [1.807, 2.05) is 40.2 Å². The summed E-state index contributed by atoms with van der Waals surface area (Å²) in [5, 5.41) is 1.22. The van der Waals surface area contributed by atoms with Crippen LogP contribution in [0.1, 0.15) is 41.8 Å². The van der Waals surface area contributed by atoms with Crippen molar-refractivity contribution in [3.8, 4) is 0 Å². The number of anilines is 1. The van der Waals surface area contributed by atoms with Gasteiger partial charge in [-0.25, -0.2) is 9.97 Å². The molecule has 166 valence electrons. The summed E-state index contributed by atoms with van der Waals surface area (Å²) in [5.74, 6) is -0.00438. The number of nitrogens with zero attached hydrogens (tertiary/aromatic N) is 4. The third-order valence-electron chi connectivity index (χ3n) is 5.36. The van der Waals surface area contributed by atoms with Gasteiger partial charge in [0, 0.05) is 41.2 Å². The quantitative estimate of drug-likeness (QED) is 0.285. The number of rotatable bonds is 8. The number of thiazole rings is 1. The molecular formula is C25H28N4OS2. The van der Waals surface area contributed by atoms with Crippen molar-refractivity contribution >= 4 is 44.4 Å². The van der Waals surface area contributed by atoms with Gasteiger partial charge in [-0.15, -0.1) is 11.8 Å². The van der Waals surface area contributed by atoms with E-state index in [1.165, 1.54) is 11.1 Å². The second-order valence-corrected chi connectivity index (χ2v) is 10.8. The fourth-order valence-corrected chi connectivity index (χ4v) is 5.52. The summed E-state index contributed by atoms with van der Waals surface area (Å²) in [6.45, 7) is 9.91. The lowest BCUT2D eigenvalue weighted by atomic mass is 10.1. The minimum atomic E-state index is -0.00438. The highest BCUT2D eigenvalue weighted by Gasteiger charge is 2.22. The largest absolute Gasteiger partial charge is 0.337 e. The third-order valence-corrected chi connectivity index (χ3v) is 7.40. The second kappa shape index (κ2) is 9.88.